The highest BCUT2D eigenvalue weighted by Crippen LogP contribution is 2.27. The Morgan fingerprint density at radius 2 is 2.00 bits per heavy atom. The SMILES string of the molecule is CN(CCC(F)(F)F)c1cc(Cl)ccc1N. The lowest BCUT2D eigenvalue weighted by atomic mass is 10.2. The van der Waals surface area contributed by atoms with E-state index in [4.69, 9.17) is 17.3 Å². The van der Waals surface area contributed by atoms with Gasteiger partial charge in [-0.05, 0) is 18.2 Å². The molecule has 0 aromatic heterocycles. The van der Waals surface area contributed by atoms with Crippen LogP contribution in [-0.4, -0.2) is 19.8 Å². The van der Waals surface area contributed by atoms with Crippen molar-refractivity contribution in [2.45, 2.75) is 12.6 Å². The topological polar surface area (TPSA) is 29.3 Å². The fourth-order valence-electron chi connectivity index (χ4n) is 1.26. The van der Waals surface area contributed by atoms with Crippen molar-refractivity contribution in [3.05, 3.63) is 23.2 Å². The number of benzene rings is 1. The molecule has 16 heavy (non-hydrogen) atoms. The second kappa shape index (κ2) is 4.82. The van der Waals surface area contributed by atoms with Gasteiger partial charge in [0.25, 0.3) is 0 Å². The van der Waals surface area contributed by atoms with Gasteiger partial charge >= 0.3 is 6.18 Å². The molecule has 0 unspecified atom stereocenters. The molecule has 90 valence electrons. The Morgan fingerprint density at radius 3 is 2.56 bits per heavy atom. The van der Waals surface area contributed by atoms with Gasteiger partial charge in [-0.3, -0.25) is 0 Å². The molecule has 0 aliphatic heterocycles. The Hall–Kier alpha value is -1.10. The standard InChI is InChI=1S/C10H12ClF3N2/c1-16(5-4-10(12,13)14)9-6-7(11)2-3-8(9)15/h2-3,6H,4-5,15H2,1H3. The fourth-order valence-corrected chi connectivity index (χ4v) is 1.43. The van der Waals surface area contributed by atoms with Gasteiger partial charge in [-0.1, -0.05) is 11.6 Å². The first kappa shape index (κ1) is 13.0. The predicted molar refractivity (Wildman–Crippen MR) is 59.8 cm³/mol. The van der Waals surface area contributed by atoms with E-state index in [1.54, 1.807) is 25.2 Å². The van der Waals surface area contributed by atoms with Crippen molar-refractivity contribution < 1.29 is 13.2 Å². The van der Waals surface area contributed by atoms with Crippen molar-refractivity contribution in [3.8, 4) is 0 Å². The van der Waals surface area contributed by atoms with Crippen molar-refractivity contribution in [1.29, 1.82) is 0 Å². The average molecular weight is 253 g/mol. The van der Waals surface area contributed by atoms with E-state index in [-0.39, 0.29) is 6.54 Å². The van der Waals surface area contributed by atoms with E-state index in [1.807, 2.05) is 0 Å². The van der Waals surface area contributed by atoms with E-state index in [2.05, 4.69) is 0 Å². The highest BCUT2D eigenvalue weighted by molar-refractivity contribution is 6.31. The first-order valence-electron chi connectivity index (χ1n) is 4.62. The van der Waals surface area contributed by atoms with E-state index in [1.165, 1.54) is 4.90 Å². The lowest BCUT2D eigenvalue weighted by Crippen LogP contribution is -2.24. The molecule has 0 fully saturated rings. The molecule has 2 N–H and O–H groups in total. The summed E-state index contributed by atoms with van der Waals surface area (Å²) >= 11 is 5.75. The van der Waals surface area contributed by atoms with E-state index in [0.717, 1.165) is 0 Å². The first-order valence-corrected chi connectivity index (χ1v) is 5.00. The van der Waals surface area contributed by atoms with E-state index >= 15 is 0 Å². The zero-order valence-electron chi connectivity index (χ0n) is 8.68. The smallest absolute Gasteiger partial charge is 0.390 e. The molecule has 0 atom stereocenters. The largest absolute Gasteiger partial charge is 0.397 e. The van der Waals surface area contributed by atoms with Gasteiger partial charge < -0.3 is 10.6 Å². The van der Waals surface area contributed by atoms with Crippen LogP contribution in [0.3, 0.4) is 0 Å². The average Bonchev–Trinajstić information content (AvgIpc) is 2.17. The molecular formula is C10H12ClF3N2. The van der Waals surface area contributed by atoms with Crippen LogP contribution in [0.25, 0.3) is 0 Å². The van der Waals surface area contributed by atoms with Crippen LogP contribution < -0.4 is 10.6 Å². The zero-order valence-corrected chi connectivity index (χ0v) is 9.44. The van der Waals surface area contributed by atoms with Crippen LogP contribution in [-0.2, 0) is 0 Å². The minimum atomic E-state index is -4.17. The van der Waals surface area contributed by atoms with Gasteiger partial charge in [0.05, 0.1) is 17.8 Å². The maximum atomic E-state index is 12.0. The number of alkyl halides is 3. The normalized spacial score (nSPS) is 11.6. The van der Waals surface area contributed by atoms with E-state index in [0.29, 0.717) is 16.4 Å². The maximum absolute atomic E-state index is 12.0. The second-order valence-corrected chi connectivity index (χ2v) is 3.93. The van der Waals surface area contributed by atoms with Gasteiger partial charge in [0.2, 0.25) is 0 Å². The van der Waals surface area contributed by atoms with Crippen molar-refractivity contribution in [2.75, 3.05) is 24.2 Å². The van der Waals surface area contributed by atoms with Crippen LogP contribution in [0.15, 0.2) is 18.2 Å². The minimum Gasteiger partial charge on any atom is -0.397 e. The molecule has 1 rings (SSSR count). The molecular weight excluding hydrogens is 241 g/mol. The number of halogens is 4. The summed E-state index contributed by atoms with van der Waals surface area (Å²) in [6, 6.07) is 4.72. The van der Waals surface area contributed by atoms with Gasteiger partial charge in [-0.25, -0.2) is 0 Å². The second-order valence-electron chi connectivity index (χ2n) is 3.49. The molecule has 0 spiro atoms. The number of nitrogen functional groups attached to an aromatic ring is 1. The number of nitrogens with zero attached hydrogens (tertiary/aromatic N) is 1. The minimum absolute atomic E-state index is 0.145. The van der Waals surface area contributed by atoms with Crippen LogP contribution >= 0.6 is 11.6 Å². The third kappa shape index (κ3) is 3.81. The fraction of sp³-hybridized carbons (Fsp3) is 0.400. The molecule has 6 heteroatoms. The summed E-state index contributed by atoms with van der Waals surface area (Å²) in [7, 11) is 1.55. The van der Waals surface area contributed by atoms with Crippen molar-refractivity contribution in [1.82, 2.24) is 0 Å². The molecule has 0 aliphatic carbocycles. The maximum Gasteiger partial charge on any atom is 0.390 e. The Morgan fingerprint density at radius 1 is 1.38 bits per heavy atom. The highest BCUT2D eigenvalue weighted by atomic mass is 35.5. The molecule has 0 bridgehead atoms. The Kier molecular flexibility index (Phi) is 3.91. The number of nitrogens with two attached hydrogens (primary N) is 1. The summed E-state index contributed by atoms with van der Waals surface area (Å²) < 4.78 is 36.1. The van der Waals surface area contributed by atoms with Gasteiger partial charge in [0, 0.05) is 18.6 Å². The molecule has 0 saturated heterocycles. The van der Waals surface area contributed by atoms with E-state index < -0.39 is 12.6 Å². The van der Waals surface area contributed by atoms with Crippen LogP contribution in [0.1, 0.15) is 6.42 Å². The van der Waals surface area contributed by atoms with Gasteiger partial charge in [-0.15, -0.1) is 0 Å². The third-order valence-electron chi connectivity index (χ3n) is 2.13. The Labute approximate surface area is 96.8 Å². The summed E-state index contributed by atoms with van der Waals surface area (Å²) in [5.74, 6) is 0. The molecule has 1 aromatic carbocycles. The van der Waals surface area contributed by atoms with Crippen molar-refractivity contribution in [3.63, 3.8) is 0 Å². The van der Waals surface area contributed by atoms with Crippen LogP contribution in [0.5, 0.6) is 0 Å². The number of hydrogen-bond acceptors (Lipinski definition) is 2. The molecule has 0 radical (unpaired) electrons. The van der Waals surface area contributed by atoms with Crippen molar-refractivity contribution >= 4 is 23.0 Å². The molecule has 0 aliphatic rings. The molecule has 1 aromatic rings. The van der Waals surface area contributed by atoms with Crippen molar-refractivity contribution in [2.24, 2.45) is 0 Å². The molecule has 2 nitrogen and oxygen atoms in total. The summed E-state index contributed by atoms with van der Waals surface area (Å²) in [5, 5.41) is 0.447. The lowest BCUT2D eigenvalue weighted by molar-refractivity contribution is -0.132. The number of hydrogen-bond donors (Lipinski definition) is 1. The predicted octanol–water partition coefficient (Wildman–Crippen LogP) is 3.31. The molecule has 0 amide bonds. The Bertz CT molecular complexity index is 366. The highest BCUT2D eigenvalue weighted by Gasteiger charge is 2.27. The summed E-state index contributed by atoms with van der Waals surface area (Å²) in [5.41, 5.74) is 6.57. The third-order valence-corrected chi connectivity index (χ3v) is 2.37. The first-order chi connectivity index (χ1) is 7.29. The van der Waals surface area contributed by atoms with Gasteiger partial charge in [0.1, 0.15) is 0 Å². The van der Waals surface area contributed by atoms with Crippen LogP contribution in [0, 0.1) is 0 Å². The lowest BCUT2D eigenvalue weighted by Gasteiger charge is -2.21. The van der Waals surface area contributed by atoms with E-state index in [9.17, 15) is 13.2 Å². The monoisotopic (exact) mass is 252 g/mol. The Balaban J connectivity index is 2.73. The summed E-state index contributed by atoms with van der Waals surface area (Å²) in [6.07, 6.45) is -5.04. The number of anilines is 2. The van der Waals surface area contributed by atoms with Gasteiger partial charge in [-0.2, -0.15) is 13.2 Å². The van der Waals surface area contributed by atoms with Crippen LogP contribution in [0.4, 0.5) is 24.5 Å². The number of rotatable bonds is 3. The zero-order chi connectivity index (χ0) is 12.3. The quantitative estimate of drug-likeness (QED) is 0.837. The molecule has 0 saturated carbocycles. The van der Waals surface area contributed by atoms with Crippen LogP contribution in [0.2, 0.25) is 5.02 Å². The summed E-state index contributed by atoms with van der Waals surface area (Å²) in [4.78, 5) is 1.44. The summed E-state index contributed by atoms with van der Waals surface area (Å²) in [6.45, 7) is -0.145. The van der Waals surface area contributed by atoms with Gasteiger partial charge in [0.15, 0.2) is 0 Å². The molecule has 0 heterocycles.